The number of H-pyrrole nitrogens is 2. The van der Waals surface area contributed by atoms with E-state index >= 15 is 0 Å². The first-order valence-electron chi connectivity index (χ1n) is 17.1. The van der Waals surface area contributed by atoms with Gasteiger partial charge in [0.1, 0.15) is 5.69 Å². The number of amides is 2. The van der Waals surface area contributed by atoms with E-state index in [9.17, 15) is 9.59 Å². The Morgan fingerprint density at radius 1 is 1.04 bits per heavy atom. The minimum Gasteiger partial charge on any atom is -0.475 e. The monoisotopic (exact) mass is 706 g/mol. The van der Waals surface area contributed by atoms with Crippen LogP contribution in [-0.2, 0) is 9.59 Å². The van der Waals surface area contributed by atoms with Crippen LogP contribution in [0.4, 0.5) is 11.6 Å². The number of carbonyl (C=O) groups is 2. The fourth-order valence-corrected chi connectivity index (χ4v) is 7.66. The van der Waals surface area contributed by atoms with E-state index in [-0.39, 0.29) is 28.6 Å². The molecular formula is C37H42N10O3S. The van der Waals surface area contributed by atoms with Crippen LogP contribution in [0.15, 0.2) is 66.9 Å². The van der Waals surface area contributed by atoms with Crippen molar-refractivity contribution in [2.75, 3.05) is 50.0 Å². The average molecular weight is 707 g/mol. The highest BCUT2D eigenvalue weighted by Gasteiger charge is 2.40. The molecule has 0 spiro atoms. The van der Waals surface area contributed by atoms with Crippen LogP contribution in [-0.4, -0.2) is 102 Å². The number of rotatable bonds is 11. The lowest BCUT2D eigenvalue weighted by molar-refractivity contribution is -0.131. The van der Waals surface area contributed by atoms with Crippen LogP contribution in [0, 0.1) is 0 Å². The van der Waals surface area contributed by atoms with Crippen LogP contribution < -0.4 is 15.8 Å². The van der Waals surface area contributed by atoms with Crippen LogP contribution in [0.2, 0.25) is 0 Å². The van der Waals surface area contributed by atoms with Gasteiger partial charge in [0, 0.05) is 71.8 Å². The molecule has 0 radical (unpaired) electrons. The van der Waals surface area contributed by atoms with Gasteiger partial charge in [-0.1, -0.05) is 30.3 Å². The van der Waals surface area contributed by atoms with Gasteiger partial charge in [-0.15, -0.1) is 5.10 Å². The van der Waals surface area contributed by atoms with Crippen molar-refractivity contribution in [2.24, 2.45) is 0 Å². The van der Waals surface area contributed by atoms with Gasteiger partial charge in [0.25, 0.3) is 0 Å². The maximum absolute atomic E-state index is 13.4. The van der Waals surface area contributed by atoms with E-state index in [1.54, 1.807) is 18.0 Å². The number of nitrogens with one attached hydrogen (secondary N) is 3. The normalized spacial score (nSPS) is 18.0. The number of benzene rings is 2. The van der Waals surface area contributed by atoms with Crippen LogP contribution in [0.3, 0.4) is 0 Å². The van der Waals surface area contributed by atoms with E-state index in [1.165, 1.54) is 5.57 Å². The van der Waals surface area contributed by atoms with E-state index in [2.05, 4.69) is 65.0 Å². The molecule has 1 atom stereocenters. The van der Waals surface area contributed by atoms with Crippen molar-refractivity contribution >= 4 is 51.7 Å². The predicted molar refractivity (Wildman–Crippen MR) is 201 cm³/mol. The zero-order valence-corrected chi connectivity index (χ0v) is 29.8. The van der Waals surface area contributed by atoms with Crippen molar-refractivity contribution in [3.63, 3.8) is 0 Å². The number of carbonyl (C=O) groups excluding carboxylic acids is 2. The summed E-state index contributed by atoms with van der Waals surface area (Å²) in [5, 5.41) is 18.3. The third-order valence-electron chi connectivity index (χ3n) is 9.48. The van der Waals surface area contributed by atoms with Crippen molar-refractivity contribution < 1.29 is 14.3 Å². The van der Waals surface area contributed by atoms with E-state index < -0.39 is 0 Å². The van der Waals surface area contributed by atoms with Gasteiger partial charge in [-0.25, -0.2) is 4.98 Å². The van der Waals surface area contributed by atoms with Crippen molar-refractivity contribution in [3.05, 3.63) is 72.4 Å². The lowest BCUT2D eigenvalue weighted by Gasteiger charge is -2.30. The van der Waals surface area contributed by atoms with Gasteiger partial charge in [0.2, 0.25) is 23.6 Å². The molecule has 0 aliphatic carbocycles. The Bertz CT molecular complexity index is 2060. The first kappa shape index (κ1) is 34.2. The zero-order valence-electron chi connectivity index (χ0n) is 29.0. The number of aromatic nitrogens is 6. The molecule has 0 saturated carbocycles. The number of aromatic amines is 2. The molecule has 2 aromatic carbocycles. The Morgan fingerprint density at radius 2 is 1.84 bits per heavy atom. The predicted octanol–water partition coefficient (Wildman–Crippen LogP) is 5.23. The van der Waals surface area contributed by atoms with E-state index in [1.807, 2.05) is 61.2 Å². The smallest absolute Gasteiger partial charge is 0.239 e. The molecule has 1 fully saturated rings. The quantitative estimate of drug-likeness (QED) is 0.143. The fraction of sp³-hybridized carbons (Fsp3) is 0.351. The molecule has 0 bridgehead atoms. The Labute approximate surface area is 300 Å². The number of anilines is 2. The summed E-state index contributed by atoms with van der Waals surface area (Å²) in [4.78, 5) is 39.5. The lowest BCUT2D eigenvalue weighted by atomic mass is 9.98. The molecule has 3 aromatic heterocycles. The minimum absolute atomic E-state index is 0.0394. The van der Waals surface area contributed by atoms with Crippen LogP contribution in [0.25, 0.3) is 39.1 Å². The molecule has 2 amide bonds. The molecule has 5 N–H and O–H groups in total. The molecule has 13 nitrogen and oxygen atoms in total. The Kier molecular flexibility index (Phi) is 9.78. The van der Waals surface area contributed by atoms with Gasteiger partial charge in [-0.2, -0.15) is 21.8 Å². The second kappa shape index (κ2) is 14.6. The van der Waals surface area contributed by atoms with Crippen LogP contribution in [0.5, 0.6) is 5.88 Å². The highest BCUT2D eigenvalue weighted by molar-refractivity contribution is 8.00. The number of nitrogens with two attached hydrogens (primary N) is 1. The van der Waals surface area contributed by atoms with Gasteiger partial charge in [0.05, 0.1) is 18.2 Å². The summed E-state index contributed by atoms with van der Waals surface area (Å²) in [5.41, 5.74) is 12.1. The van der Waals surface area contributed by atoms with Crippen molar-refractivity contribution in [1.29, 1.82) is 0 Å². The first-order valence-corrected chi connectivity index (χ1v) is 18.3. The number of hydrogen-bond donors (Lipinski definition) is 4. The first-order chi connectivity index (χ1) is 24.7. The van der Waals surface area contributed by atoms with Gasteiger partial charge < -0.3 is 20.7 Å². The highest BCUT2D eigenvalue weighted by Crippen LogP contribution is 2.37. The second-order valence-electron chi connectivity index (χ2n) is 13.4. The Hall–Kier alpha value is -5.21. The SMILES string of the molecule is CSC1(CC(=O)Nc2ccc3[nH]nc(-c4ccc(OC(C)C)nc4)c3c2)CCN(CC(=O)N2CC=C(c3ccc(-c4nc(N)n[nH]4)cc3)CC2)C1. The molecule has 2 aliphatic heterocycles. The summed E-state index contributed by atoms with van der Waals surface area (Å²) in [6, 6.07) is 17.6. The molecular weight excluding hydrogens is 665 g/mol. The minimum atomic E-state index is -0.265. The summed E-state index contributed by atoms with van der Waals surface area (Å²) >= 11 is 1.71. The third-order valence-corrected chi connectivity index (χ3v) is 10.8. The summed E-state index contributed by atoms with van der Waals surface area (Å²) in [6.45, 7) is 6.98. The molecule has 14 heteroatoms. The van der Waals surface area contributed by atoms with E-state index in [0.29, 0.717) is 50.0 Å². The molecule has 51 heavy (non-hydrogen) atoms. The molecule has 264 valence electrons. The molecule has 5 aromatic rings. The molecule has 1 unspecified atom stereocenters. The summed E-state index contributed by atoms with van der Waals surface area (Å²) in [7, 11) is 0. The fourth-order valence-electron chi connectivity index (χ4n) is 6.78. The molecule has 1 saturated heterocycles. The number of pyridine rings is 1. The Morgan fingerprint density at radius 3 is 2.53 bits per heavy atom. The molecule has 7 rings (SSSR count). The van der Waals surface area contributed by atoms with Gasteiger partial charge in [0.15, 0.2) is 5.82 Å². The lowest BCUT2D eigenvalue weighted by Crippen LogP contribution is -2.43. The van der Waals surface area contributed by atoms with Crippen LogP contribution in [0.1, 0.15) is 38.7 Å². The van der Waals surface area contributed by atoms with Crippen molar-refractivity contribution in [2.45, 2.75) is 44.0 Å². The number of fused-ring (bicyclic) bond motifs is 1. The number of thioether (sulfide) groups is 1. The standard InChI is InChI=1S/C37H42N10O3S/c1-23(2)50-32-11-8-27(20-39-32)34-29-18-28(9-10-30(29)42-43-34)40-31(48)19-37(51-3)14-17-46(22-37)21-33(49)47-15-12-25(13-16-47)24-4-6-26(7-5-24)35-41-36(38)45-44-35/h4-12,18,20,23H,13-17,19,21-22H2,1-3H3,(H,40,48)(H,42,43)(H3,38,41,44,45). The number of ether oxygens (including phenoxy) is 1. The Balaban J connectivity index is 0.924. The molecule has 2 aliphatic rings. The van der Waals surface area contributed by atoms with Crippen molar-refractivity contribution in [3.8, 4) is 28.5 Å². The molecule has 5 heterocycles. The maximum Gasteiger partial charge on any atom is 0.239 e. The highest BCUT2D eigenvalue weighted by atomic mass is 32.2. The number of nitrogens with zero attached hydrogens (tertiary/aromatic N) is 6. The zero-order chi connectivity index (χ0) is 35.5. The van der Waals surface area contributed by atoms with E-state index in [0.717, 1.165) is 52.7 Å². The van der Waals surface area contributed by atoms with Gasteiger partial charge in [-0.05, 0) is 68.3 Å². The largest absolute Gasteiger partial charge is 0.475 e. The summed E-state index contributed by atoms with van der Waals surface area (Å²) in [6.07, 6.45) is 7.96. The number of hydrogen-bond acceptors (Lipinski definition) is 10. The van der Waals surface area contributed by atoms with E-state index in [4.69, 9.17) is 10.5 Å². The third kappa shape index (κ3) is 7.76. The maximum atomic E-state index is 13.4. The topological polar surface area (TPSA) is 171 Å². The summed E-state index contributed by atoms with van der Waals surface area (Å²) in [5.74, 6) is 1.48. The number of likely N-dealkylation sites (tertiary alicyclic amines) is 1. The average Bonchev–Trinajstić information content (AvgIpc) is 3.87. The van der Waals surface area contributed by atoms with Crippen molar-refractivity contribution in [1.82, 2.24) is 40.2 Å². The summed E-state index contributed by atoms with van der Waals surface area (Å²) < 4.78 is 5.41. The van der Waals surface area contributed by atoms with Gasteiger partial charge in [-0.3, -0.25) is 24.7 Å². The van der Waals surface area contributed by atoms with Crippen LogP contribution >= 0.6 is 11.8 Å². The van der Waals surface area contributed by atoms with Gasteiger partial charge >= 0.3 is 0 Å². The second-order valence-corrected chi connectivity index (χ2v) is 14.7. The number of nitrogen functional groups attached to an aromatic ring is 1.